The topological polar surface area (TPSA) is 48.2 Å². The zero-order valence-corrected chi connectivity index (χ0v) is 12.5. The predicted octanol–water partition coefficient (Wildman–Crippen LogP) is 4.06. The highest BCUT2D eigenvalue weighted by Crippen LogP contribution is 2.31. The number of thioether (sulfide) groups is 1. The molecule has 0 aliphatic carbocycles. The third kappa shape index (κ3) is 3.94. The first-order valence-electron chi connectivity index (χ1n) is 5.46. The van der Waals surface area contributed by atoms with Gasteiger partial charge in [0.25, 0.3) is 0 Å². The van der Waals surface area contributed by atoms with E-state index in [1.165, 1.54) is 11.8 Å². The largest absolute Gasteiger partial charge is 0.271 e. The third-order valence-corrected chi connectivity index (χ3v) is 3.27. The van der Waals surface area contributed by atoms with E-state index < -0.39 is 0 Å². The third-order valence-electron chi connectivity index (χ3n) is 2.39. The molecule has 3 nitrogen and oxygen atoms in total. The Morgan fingerprint density at radius 2 is 2.11 bits per heavy atom. The van der Waals surface area contributed by atoms with Crippen LogP contribution in [-0.4, -0.2) is 11.4 Å². The van der Waals surface area contributed by atoms with Crippen LogP contribution in [0.15, 0.2) is 23.2 Å². The van der Waals surface area contributed by atoms with Gasteiger partial charge in [-0.05, 0) is 29.4 Å². The highest BCUT2D eigenvalue weighted by molar-refractivity contribution is 8.13. The van der Waals surface area contributed by atoms with Gasteiger partial charge >= 0.3 is 0 Å². The normalized spacial score (nSPS) is 12.1. The first-order chi connectivity index (χ1) is 8.38. The molecule has 0 heterocycles. The molecule has 0 saturated heterocycles. The van der Waals surface area contributed by atoms with E-state index in [1.807, 2.05) is 30.6 Å². The number of amidine groups is 1. The van der Waals surface area contributed by atoms with E-state index >= 15 is 0 Å². The number of nitrogens with zero attached hydrogens (tertiary/aromatic N) is 2. The zero-order chi connectivity index (χ0) is 13.8. The van der Waals surface area contributed by atoms with E-state index in [4.69, 9.17) is 16.9 Å². The SMILES string of the molecule is CSC(=Nc1ccc(C(C)(C)C)cc1Cl)NC#N. The molecule has 18 heavy (non-hydrogen) atoms. The summed E-state index contributed by atoms with van der Waals surface area (Å²) in [4.78, 5) is 4.30. The monoisotopic (exact) mass is 281 g/mol. The van der Waals surface area contributed by atoms with Gasteiger partial charge in [0.05, 0.1) is 10.7 Å². The fourth-order valence-corrected chi connectivity index (χ4v) is 1.91. The minimum absolute atomic E-state index is 0.0547. The van der Waals surface area contributed by atoms with E-state index in [2.05, 4.69) is 31.1 Å². The maximum atomic E-state index is 8.58. The van der Waals surface area contributed by atoms with Crippen molar-refractivity contribution in [3.63, 3.8) is 0 Å². The molecule has 0 aromatic heterocycles. The van der Waals surface area contributed by atoms with Crippen LogP contribution in [0.2, 0.25) is 5.02 Å². The van der Waals surface area contributed by atoms with Gasteiger partial charge in [0.1, 0.15) is 0 Å². The summed E-state index contributed by atoms with van der Waals surface area (Å²) in [7, 11) is 0. The molecular weight excluding hydrogens is 266 g/mol. The Labute approximate surface area is 117 Å². The fourth-order valence-electron chi connectivity index (χ4n) is 1.35. The average molecular weight is 282 g/mol. The van der Waals surface area contributed by atoms with Crippen molar-refractivity contribution in [3.8, 4) is 6.19 Å². The molecule has 1 aromatic carbocycles. The Hall–Kier alpha value is -1.18. The molecular formula is C13H16ClN3S. The van der Waals surface area contributed by atoms with Crippen molar-refractivity contribution in [2.24, 2.45) is 4.99 Å². The summed E-state index contributed by atoms with van der Waals surface area (Å²) in [6.07, 6.45) is 3.70. The summed E-state index contributed by atoms with van der Waals surface area (Å²) in [6.45, 7) is 6.39. The number of hydrogen-bond acceptors (Lipinski definition) is 3. The number of hydrogen-bond donors (Lipinski definition) is 1. The molecule has 0 radical (unpaired) electrons. The molecule has 1 rings (SSSR count). The van der Waals surface area contributed by atoms with E-state index in [0.29, 0.717) is 15.9 Å². The van der Waals surface area contributed by atoms with Gasteiger partial charge in [-0.1, -0.05) is 50.2 Å². The van der Waals surface area contributed by atoms with Crippen LogP contribution in [0.3, 0.4) is 0 Å². The lowest BCUT2D eigenvalue weighted by atomic mass is 9.87. The molecule has 0 fully saturated rings. The minimum atomic E-state index is 0.0547. The highest BCUT2D eigenvalue weighted by Gasteiger charge is 2.15. The number of benzene rings is 1. The van der Waals surface area contributed by atoms with Gasteiger partial charge in [-0.25, -0.2) is 4.99 Å². The first kappa shape index (κ1) is 14.9. The summed E-state index contributed by atoms with van der Waals surface area (Å²) >= 11 is 7.58. The molecule has 0 bridgehead atoms. The lowest BCUT2D eigenvalue weighted by Gasteiger charge is -2.19. The molecule has 0 saturated carbocycles. The summed E-state index contributed by atoms with van der Waals surface area (Å²) < 4.78 is 0. The summed E-state index contributed by atoms with van der Waals surface area (Å²) in [5.41, 5.74) is 1.88. The van der Waals surface area contributed by atoms with Crippen molar-refractivity contribution in [1.82, 2.24) is 5.32 Å². The average Bonchev–Trinajstić information content (AvgIpc) is 2.29. The van der Waals surface area contributed by atoms with Crippen LogP contribution in [0, 0.1) is 11.5 Å². The Bertz CT molecular complexity index is 498. The van der Waals surface area contributed by atoms with Crippen molar-refractivity contribution in [1.29, 1.82) is 5.26 Å². The van der Waals surface area contributed by atoms with Crippen molar-refractivity contribution < 1.29 is 0 Å². The van der Waals surface area contributed by atoms with Crippen LogP contribution >= 0.6 is 23.4 Å². The van der Waals surface area contributed by atoms with Crippen LogP contribution in [-0.2, 0) is 5.41 Å². The minimum Gasteiger partial charge on any atom is -0.271 e. The molecule has 1 aromatic rings. The van der Waals surface area contributed by atoms with E-state index in [-0.39, 0.29) is 5.41 Å². The fraction of sp³-hybridized carbons (Fsp3) is 0.385. The second-order valence-electron chi connectivity index (χ2n) is 4.77. The second-order valence-corrected chi connectivity index (χ2v) is 5.98. The smallest absolute Gasteiger partial charge is 0.183 e. The molecule has 96 valence electrons. The number of nitrogens with one attached hydrogen (secondary N) is 1. The quantitative estimate of drug-likeness (QED) is 0.365. The van der Waals surface area contributed by atoms with Crippen LogP contribution in [0.5, 0.6) is 0 Å². The van der Waals surface area contributed by atoms with Gasteiger partial charge in [-0.3, -0.25) is 5.32 Å². The molecule has 5 heteroatoms. The van der Waals surface area contributed by atoms with Gasteiger partial charge in [-0.15, -0.1) is 0 Å². The van der Waals surface area contributed by atoms with E-state index in [0.717, 1.165) is 5.56 Å². The van der Waals surface area contributed by atoms with Gasteiger partial charge < -0.3 is 0 Å². The van der Waals surface area contributed by atoms with Crippen LogP contribution in [0.25, 0.3) is 0 Å². The number of nitriles is 1. The lowest BCUT2D eigenvalue weighted by Crippen LogP contribution is -2.13. The Morgan fingerprint density at radius 3 is 2.56 bits per heavy atom. The van der Waals surface area contributed by atoms with Crippen LogP contribution in [0.1, 0.15) is 26.3 Å². The standard InChI is InChI=1S/C13H16ClN3S/c1-13(2,3)9-5-6-11(10(14)7-9)17-12(18-4)16-8-15/h5-7H,1-4H3,(H,16,17). The van der Waals surface area contributed by atoms with E-state index in [9.17, 15) is 0 Å². The second kappa shape index (κ2) is 6.12. The van der Waals surface area contributed by atoms with Crippen molar-refractivity contribution >= 4 is 34.2 Å². The van der Waals surface area contributed by atoms with Crippen molar-refractivity contribution in [3.05, 3.63) is 28.8 Å². The Kier molecular flexibility index (Phi) is 5.06. The molecule has 0 aliphatic rings. The molecule has 0 unspecified atom stereocenters. The van der Waals surface area contributed by atoms with Gasteiger partial charge in [0.15, 0.2) is 11.4 Å². The van der Waals surface area contributed by atoms with Crippen molar-refractivity contribution in [2.75, 3.05) is 6.26 Å². The Balaban J connectivity index is 3.11. The summed E-state index contributed by atoms with van der Waals surface area (Å²) in [5, 5.41) is 12.2. The molecule has 0 spiro atoms. The number of halogens is 1. The molecule has 1 N–H and O–H groups in total. The van der Waals surface area contributed by atoms with Crippen LogP contribution < -0.4 is 5.32 Å². The van der Waals surface area contributed by atoms with Crippen LogP contribution in [0.4, 0.5) is 5.69 Å². The predicted molar refractivity (Wildman–Crippen MR) is 79.5 cm³/mol. The van der Waals surface area contributed by atoms with Gasteiger partial charge in [0, 0.05) is 0 Å². The number of aliphatic imine (C=N–C) groups is 1. The van der Waals surface area contributed by atoms with E-state index in [1.54, 1.807) is 0 Å². The maximum absolute atomic E-state index is 8.58. The zero-order valence-electron chi connectivity index (χ0n) is 10.9. The highest BCUT2D eigenvalue weighted by atomic mass is 35.5. The Morgan fingerprint density at radius 1 is 1.44 bits per heavy atom. The molecule has 0 aliphatic heterocycles. The number of rotatable bonds is 1. The van der Waals surface area contributed by atoms with Gasteiger partial charge in [-0.2, -0.15) is 5.26 Å². The van der Waals surface area contributed by atoms with Crippen molar-refractivity contribution in [2.45, 2.75) is 26.2 Å². The molecule has 0 atom stereocenters. The summed E-state index contributed by atoms with van der Waals surface area (Å²) in [6, 6.07) is 5.80. The summed E-state index contributed by atoms with van der Waals surface area (Å²) in [5.74, 6) is 0. The maximum Gasteiger partial charge on any atom is 0.183 e. The lowest BCUT2D eigenvalue weighted by molar-refractivity contribution is 0.590. The van der Waals surface area contributed by atoms with Gasteiger partial charge in [0.2, 0.25) is 0 Å². The first-order valence-corrected chi connectivity index (χ1v) is 7.06. The molecule has 0 amide bonds.